The highest BCUT2D eigenvalue weighted by molar-refractivity contribution is 5.74. The third-order valence-corrected chi connectivity index (χ3v) is 4.12. The zero-order valence-corrected chi connectivity index (χ0v) is 13.9. The van der Waals surface area contributed by atoms with E-state index in [1.807, 2.05) is 25.5 Å². The monoisotopic (exact) mass is 329 g/mol. The number of piperidine rings is 1. The minimum atomic E-state index is -0.103. The molecule has 0 aliphatic carbocycles. The highest BCUT2D eigenvalue weighted by atomic mass is 16.2. The van der Waals surface area contributed by atoms with Crippen LogP contribution in [0.2, 0.25) is 0 Å². The third-order valence-electron chi connectivity index (χ3n) is 4.12. The molecule has 2 aromatic rings. The Bertz CT molecular complexity index is 649. The van der Waals surface area contributed by atoms with Crippen molar-refractivity contribution in [2.75, 3.05) is 24.5 Å². The molecule has 8 heteroatoms. The molecule has 0 spiro atoms. The minimum absolute atomic E-state index is 0.103. The number of nitrogens with zero attached hydrogens (tertiary/aromatic N) is 5. The van der Waals surface area contributed by atoms with Crippen molar-refractivity contribution in [3.63, 3.8) is 0 Å². The van der Waals surface area contributed by atoms with E-state index in [-0.39, 0.29) is 12.1 Å². The number of nitrogens with one attached hydrogen (secondary N) is 2. The SMILES string of the molecule is Cn1cc(CCNC(=O)NC2CCN(c3ncccn3)CC2)cn1. The standard InChI is InChI=1S/C16H23N7O/c1-22-12-13(11-20-22)3-8-19-16(24)21-14-4-9-23(10-5-14)15-17-6-2-7-18-15/h2,6-7,11-12,14H,3-5,8-10H2,1H3,(H2,19,21,24). The number of urea groups is 1. The Balaban J connectivity index is 1.35. The molecule has 8 nitrogen and oxygen atoms in total. The summed E-state index contributed by atoms with van der Waals surface area (Å²) in [5.41, 5.74) is 1.12. The molecule has 0 radical (unpaired) electrons. The summed E-state index contributed by atoms with van der Waals surface area (Å²) in [5.74, 6) is 0.761. The van der Waals surface area contributed by atoms with Gasteiger partial charge in [-0.15, -0.1) is 0 Å². The van der Waals surface area contributed by atoms with Gasteiger partial charge in [0, 0.05) is 51.3 Å². The topological polar surface area (TPSA) is 88.0 Å². The molecule has 0 bridgehead atoms. The Morgan fingerprint density at radius 2 is 2.04 bits per heavy atom. The van der Waals surface area contributed by atoms with E-state index in [0.29, 0.717) is 6.54 Å². The molecule has 3 heterocycles. The summed E-state index contributed by atoms with van der Waals surface area (Å²) in [5, 5.41) is 10.1. The number of aryl methyl sites for hydroxylation is 1. The number of carbonyl (C=O) groups excluding carboxylic acids is 1. The Hall–Kier alpha value is -2.64. The number of carbonyl (C=O) groups is 1. The van der Waals surface area contributed by atoms with Crippen LogP contribution in [0, 0.1) is 0 Å². The molecule has 1 saturated heterocycles. The molecule has 24 heavy (non-hydrogen) atoms. The van der Waals surface area contributed by atoms with Gasteiger partial charge in [-0.1, -0.05) is 0 Å². The van der Waals surface area contributed by atoms with Crippen molar-refractivity contribution in [2.45, 2.75) is 25.3 Å². The van der Waals surface area contributed by atoms with Crippen LogP contribution in [0.25, 0.3) is 0 Å². The van der Waals surface area contributed by atoms with Crippen LogP contribution in [-0.4, -0.2) is 51.5 Å². The van der Waals surface area contributed by atoms with E-state index < -0.39 is 0 Å². The second kappa shape index (κ2) is 7.76. The average molecular weight is 329 g/mol. The molecule has 128 valence electrons. The number of rotatable bonds is 5. The van der Waals surface area contributed by atoms with Crippen LogP contribution in [0.1, 0.15) is 18.4 Å². The van der Waals surface area contributed by atoms with Gasteiger partial charge in [0.1, 0.15) is 0 Å². The number of hydrogen-bond acceptors (Lipinski definition) is 5. The molecule has 3 rings (SSSR count). The van der Waals surface area contributed by atoms with Crippen LogP contribution in [0.15, 0.2) is 30.9 Å². The predicted molar refractivity (Wildman–Crippen MR) is 90.7 cm³/mol. The first kappa shape index (κ1) is 16.2. The van der Waals surface area contributed by atoms with Crippen molar-refractivity contribution in [2.24, 2.45) is 7.05 Å². The summed E-state index contributed by atoms with van der Waals surface area (Å²) in [6.45, 7) is 2.31. The number of amides is 2. The predicted octanol–water partition coefficient (Wildman–Crippen LogP) is 0.721. The first-order valence-corrected chi connectivity index (χ1v) is 8.24. The molecule has 1 aliphatic heterocycles. The lowest BCUT2D eigenvalue weighted by molar-refractivity contribution is 0.234. The molecule has 2 aromatic heterocycles. The molecule has 1 fully saturated rings. The van der Waals surface area contributed by atoms with Crippen LogP contribution >= 0.6 is 0 Å². The highest BCUT2D eigenvalue weighted by Crippen LogP contribution is 2.15. The fourth-order valence-electron chi connectivity index (χ4n) is 2.84. The van der Waals surface area contributed by atoms with Gasteiger partial charge in [-0.05, 0) is 30.9 Å². The summed E-state index contributed by atoms with van der Waals surface area (Å²) < 4.78 is 1.76. The number of anilines is 1. The molecule has 0 aromatic carbocycles. The molecule has 1 aliphatic rings. The van der Waals surface area contributed by atoms with Crippen LogP contribution in [0.3, 0.4) is 0 Å². The largest absolute Gasteiger partial charge is 0.341 e. The van der Waals surface area contributed by atoms with Crippen LogP contribution in [-0.2, 0) is 13.5 Å². The first-order valence-electron chi connectivity index (χ1n) is 8.24. The summed E-state index contributed by atoms with van der Waals surface area (Å²) in [7, 11) is 1.89. The maximum absolute atomic E-state index is 12.0. The van der Waals surface area contributed by atoms with Gasteiger partial charge in [0.25, 0.3) is 0 Å². The fourth-order valence-corrected chi connectivity index (χ4v) is 2.84. The second-order valence-electron chi connectivity index (χ2n) is 5.98. The fraction of sp³-hybridized carbons (Fsp3) is 0.500. The smallest absolute Gasteiger partial charge is 0.315 e. The highest BCUT2D eigenvalue weighted by Gasteiger charge is 2.21. The quantitative estimate of drug-likeness (QED) is 0.844. The maximum atomic E-state index is 12.0. The van der Waals surface area contributed by atoms with Gasteiger partial charge in [0.05, 0.1) is 6.20 Å². The Labute approximate surface area is 141 Å². The lowest BCUT2D eigenvalue weighted by Gasteiger charge is -2.32. The molecular formula is C16H23N7O. The zero-order valence-electron chi connectivity index (χ0n) is 13.9. The lowest BCUT2D eigenvalue weighted by atomic mass is 10.1. The van der Waals surface area contributed by atoms with Crippen LogP contribution in [0.4, 0.5) is 10.7 Å². The Morgan fingerprint density at radius 3 is 2.71 bits per heavy atom. The van der Waals surface area contributed by atoms with E-state index in [0.717, 1.165) is 43.9 Å². The summed E-state index contributed by atoms with van der Waals surface area (Å²) in [6, 6.07) is 1.91. The third kappa shape index (κ3) is 4.43. The van der Waals surface area contributed by atoms with Gasteiger partial charge >= 0.3 is 6.03 Å². The van der Waals surface area contributed by atoms with Gasteiger partial charge in [0.15, 0.2) is 0 Å². The van der Waals surface area contributed by atoms with Gasteiger partial charge < -0.3 is 15.5 Å². The van der Waals surface area contributed by atoms with E-state index in [1.54, 1.807) is 17.1 Å². The van der Waals surface area contributed by atoms with Gasteiger partial charge in [-0.25, -0.2) is 14.8 Å². The summed E-state index contributed by atoms with van der Waals surface area (Å²) >= 11 is 0. The van der Waals surface area contributed by atoms with Crippen molar-refractivity contribution in [3.05, 3.63) is 36.4 Å². The molecule has 0 unspecified atom stereocenters. The lowest BCUT2D eigenvalue weighted by Crippen LogP contribution is -2.48. The van der Waals surface area contributed by atoms with E-state index >= 15 is 0 Å². The van der Waals surface area contributed by atoms with E-state index in [2.05, 4.69) is 30.6 Å². The molecular weight excluding hydrogens is 306 g/mol. The Kier molecular flexibility index (Phi) is 5.25. The number of hydrogen-bond donors (Lipinski definition) is 2. The average Bonchev–Trinajstić information content (AvgIpc) is 3.02. The van der Waals surface area contributed by atoms with E-state index in [1.165, 1.54) is 0 Å². The minimum Gasteiger partial charge on any atom is -0.341 e. The normalized spacial score (nSPS) is 15.3. The summed E-state index contributed by atoms with van der Waals surface area (Å²) in [6.07, 6.45) is 9.86. The van der Waals surface area contributed by atoms with Crippen LogP contribution < -0.4 is 15.5 Å². The zero-order chi connectivity index (χ0) is 16.8. The first-order chi connectivity index (χ1) is 11.7. The van der Waals surface area contributed by atoms with Crippen molar-refractivity contribution in [1.82, 2.24) is 30.4 Å². The Morgan fingerprint density at radius 1 is 1.29 bits per heavy atom. The van der Waals surface area contributed by atoms with Crippen molar-refractivity contribution in [1.29, 1.82) is 0 Å². The van der Waals surface area contributed by atoms with E-state index in [4.69, 9.17) is 0 Å². The van der Waals surface area contributed by atoms with Gasteiger partial charge in [-0.2, -0.15) is 5.10 Å². The maximum Gasteiger partial charge on any atom is 0.315 e. The van der Waals surface area contributed by atoms with Crippen molar-refractivity contribution in [3.8, 4) is 0 Å². The van der Waals surface area contributed by atoms with Gasteiger partial charge in [0.2, 0.25) is 5.95 Å². The molecule has 2 amide bonds. The second-order valence-corrected chi connectivity index (χ2v) is 5.98. The van der Waals surface area contributed by atoms with Gasteiger partial charge in [-0.3, -0.25) is 4.68 Å². The number of aromatic nitrogens is 4. The van der Waals surface area contributed by atoms with Crippen molar-refractivity contribution < 1.29 is 4.79 Å². The molecule has 2 N–H and O–H groups in total. The van der Waals surface area contributed by atoms with Crippen molar-refractivity contribution >= 4 is 12.0 Å². The van der Waals surface area contributed by atoms with E-state index in [9.17, 15) is 4.79 Å². The van der Waals surface area contributed by atoms with Crippen LogP contribution in [0.5, 0.6) is 0 Å². The molecule has 0 saturated carbocycles. The summed E-state index contributed by atoms with van der Waals surface area (Å²) in [4.78, 5) is 22.7. The molecule has 0 atom stereocenters.